The molecule has 0 fully saturated rings. The van der Waals surface area contributed by atoms with E-state index in [-0.39, 0.29) is 5.78 Å². The van der Waals surface area contributed by atoms with Gasteiger partial charge in [0.15, 0.2) is 5.78 Å². The van der Waals surface area contributed by atoms with Gasteiger partial charge in [-0.15, -0.1) is 0 Å². The van der Waals surface area contributed by atoms with Gasteiger partial charge in [0, 0.05) is 29.1 Å². The SMILES string of the molecule is CC.COc1cc(/C=C/c2ccc(OC(=O)C(C)(C)Oc3ccc(C(=O)c4ccc(Cl)cc4)cc3)cc2)cc(OC(C)=O)c1. The van der Waals surface area contributed by atoms with Gasteiger partial charge in [-0.25, -0.2) is 4.79 Å². The van der Waals surface area contributed by atoms with Crippen LogP contribution in [-0.4, -0.2) is 30.4 Å². The van der Waals surface area contributed by atoms with E-state index in [1.807, 2.05) is 32.1 Å². The smallest absolute Gasteiger partial charge is 0.355 e. The highest BCUT2D eigenvalue weighted by atomic mass is 35.5. The molecule has 0 unspecified atom stereocenters. The Balaban J connectivity index is 0.00000259. The molecule has 0 bridgehead atoms. The van der Waals surface area contributed by atoms with Gasteiger partial charge in [-0.1, -0.05) is 49.7 Å². The van der Waals surface area contributed by atoms with Crippen molar-refractivity contribution in [1.82, 2.24) is 0 Å². The van der Waals surface area contributed by atoms with Crippen LogP contribution in [0.15, 0.2) is 91.0 Å². The lowest BCUT2D eigenvalue weighted by molar-refractivity contribution is -0.149. The number of ketones is 1. The van der Waals surface area contributed by atoms with Gasteiger partial charge < -0.3 is 18.9 Å². The van der Waals surface area contributed by atoms with Crippen LogP contribution < -0.4 is 18.9 Å². The summed E-state index contributed by atoms with van der Waals surface area (Å²) in [7, 11) is 1.54. The summed E-state index contributed by atoms with van der Waals surface area (Å²) in [6, 6.07) is 25.4. The molecule has 4 aromatic carbocycles. The van der Waals surface area contributed by atoms with Crippen LogP contribution in [0.3, 0.4) is 0 Å². The number of hydrogen-bond acceptors (Lipinski definition) is 7. The molecular formula is C36H35ClO7. The van der Waals surface area contributed by atoms with E-state index < -0.39 is 17.5 Å². The summed E-state index contributed by atoms with van der Waals surface area (Å²) in [5.41, 5.74) is 1.34. The van der Waals surface area contributed by atoms with Crippen LogP contribution in [0.2, 0.25) is 5.02 Å². The zero-order chi connectivity index (χ0) is 32.3. The largest absolute Gasteiger partial charge is 0.497 e. The van der Waals surface area contributed by atoms with Crippen LogP contribution in [0.4, 0.5) is 0 Å². The Morgan fingerprint density at radius 3 is 1.75 bits per heavy atom. The standard InChI is InChI=1S/C34H29ClO7.C2H6/c1-22(36)40-31-20-24(19-30(21-31)39-4)6-5-23-7-15-28(16-8-23)41-33(38)34(2,3)42-29-17-11-26(12-18-29)32(37)25-9-13-27(35)14-10-25;1-2/h5-21H,1-4H3;1-2H3/b6-5+;. The maximum Gasteiger partial charge on any atom is 0.355 e. The fourth-order valence-corrected chi connectivity index (χ4v) is 4.01. The average Bonchev–Trinajstić information content (AvgIpc) is 3.01. The minimum atomic E-state index is -1.30. The highest BCUT2D eigenvalue weighted by molar-refractivity contribution is 6.30. The number of esters is 2. The van der Waals surface area contributed by atoms with Gasteiger partial charge in [-0.05, 0) is 97.8 Å². The third-order valence-electron chi connectivity index (χ3n) is 6.05. The van der Waals surface area contributed by atoms with Crippen molar-refractivity contribution in [2.24, 2.45) is 0 Å². The Hall–Kier alpha value is -4.88. The molecule has 0 amide bonds. The van der Waals surface area contributed by atoms with E-state index in [0.29, 0.717) is 39.1 Å². The predicted molar refractivity (Wildman–Crippen MR) is 173 cm³/mol. The number of hydrogen-bond donors (Lipinski definition) is 0. The van der Waals surface area contributed by atoms with E-state index in [4.69, 9.17) is 30.5 Å². The first kappa shape index (κ1) is 33.6. The number of rotatable bonds is 10. The molecule has 0 N–H and O–H groups in total. The fraction of sp³-hybridized carbons (Fsp3) is 0.194. The molecular weight excluding hydrogens is 580 g/mol. The first-order chi connectivity index (χ1) is 21.0. The second-order valence-corrected chi connectivity index (χ2v) is 10.2. The third kappa shape index (κ3) is 9.57. The molecule has 228 valence electrons. The molecule has 0 saturated heterocycles. The minimum Gasteiger partial charge on any atom is -0.497 e. The molecule has 0 aliphatic carbocycles. The molecule has 4 aromatic rings. The van der Waals surface area contributed by atoms with E-state index in [1.54, 1.807) is 98.8 Å². The molecule has 0 aliphatic rings. The molecule has 4 rings (SSSR count). The van der Waals surface area contributed by atoms with Crippen molar-refractivity contribution in [3.05, 3.63) is 118 Å². The van der Waals surface area contributed by atoms with Crippen molar-refractivity contribution < 1.29 is 33.3 Å². The second-order valence-electron chi connectivity index (χ2n) is 9.80. The van der Waals surface area contributed by atoms with E-state index >= 15 is 0 Å². The molecule has 0 radical (unpaired) electrons. The van der Waals surface area contributed by atoms with Gasteiger partial charge in [-0.3, -0.25) is 9.59 Å². The third-order valence-corrected chi connectivity index (χ3v) is 6.30. The van der Waals surface area contributed by atoms with E-state index in [1.165, 1.54) is 14.0 Å². The first-order valence-electron chi connectivity index (χ1n) is 14.0. The maximum atomic E-state index is 12.9. The Morgan fingerprint density at radius 2 is 1.18 bits per heavy atom. The average molecular weight is 615 g/mol. The first-order valence-corrected chi connectivity index (χ1v) is 14.4. The van der Waals surface area contributed by atoms with E-state index in [9.17, 15) is 14.4 Å². The maximum absolute atomic E-state index is 12.9. The Kier molecular flexibility index (Phi) is 11.9. The molecule has 0 aliphatic heterocycles. The van der Waals surface area contributed by atoms with Crippen LogP contribution in [-0.2, 0) is 9.59 Å². The minimum absolute atomic E-state index is 0.148. The summed E-state index contributed by atoms with van der Waals surface area (Å²) in [5, 5.41) is 0.554. The molecule has 0 atom stereocenters. The number of benzene rings is 4. The number of halogens is 1. The number of ether oxygens (including phenoxy) is 4. The molecule has 44 heavy (non-hydrogen) atoms. The Morgan fingerprint density at radius 1 is 0.659 bits per heavy atom. The molecule has 0 spiro atoms. The highest BCUT2D eigenvalue weighted by Crippen LogP contribution is 2.26. The lowest BCUT2D eigenvalue weighted by Crippen LogP contribution is -2.41. The number of methoxy groups -OCH3 is 1. The quantitative estimate of drug-likeness (QED) is 0.0766. The summed E-state index contributed by atoms with van der Waals surface area (Å²) in [5.74, 6) is 0.568. The van der Waals surface area contributed by atoms with Crippen LogP contribution >= 0.6 is 11.6 Å². The fourth-order valence-electron chi connectivity index (χ4n) is 3.88. The van der Waals surface area contributed by atoms with Gasteiger partial charge in [0.25, 0.3) is 0 Å². The summed E-state index contributed by atoms with van der Waals surface area (Å²) in [6.07, 6.45) is 3.72. The zero-order valence-corrected chi connectivity index (χ0v) is 26.3. The molecule has 0 aromatic heterocycles. The summed E-state index contributed by atoms with van der Waals surface area (Å²) < 4.78 is 21.9. The van der Waals surface area contributed by atoms with Crippen LogP contribution in [0.5, 0.6) is 23.0 Å². The van der Waals surface area contributed by atoms with E-state index in [0.717, 1.165) is 11.1 Å². The van der Waals surface area contributed by atoms with Crippen LogP contribution in [0.25, 0.3) is 12.2 Å². The van der Waals surface area contributed by atoms with Crippen LogP contribution in [0, 0.1) is 0 Å². The van der Waals surface area contributed by atoms with Gasteiger partial charge in [0.05, 0.1) is 7.11 Å². The zero-order valence-electron chi connectivity index (χ0n) is 25.6. The molecule has 8 heteroatoms. The topological polar surface area (TPSA) is 88.1 Å². The van der Waals surface area contributed by atoms with Crippen molar-refractivity contribution in [1.29, 1.82) is 0 Å². The van der Waals surface area contributed by atoms with E-state index in [2.05, 4.69) is 0 Å². The van der Waals surface area contributed by atoms with Crippen molar-refractivity contribution in [2.75, 3.05) is 7.11 Å². The van der Waals surface area contributed by atoms with Crippen molar-refractivity contribution in [3.63, 3.8) is 0 Å². The lowest BCUT2D eigenvalue weighted by Gasteiger charge is -2.24. The monoisotopic (exact) mass is 614 g/mol. The second kappa shape index (κ2) is 15.5. The van der Waals surface area contributed by atoms with Gasteiger partial charge in [0.2, 0.25) is 5.60 Å². The molecule has 7 nitrogen and oxygen atoms in total. The normalized spacial score (nSPS) is 10.8. The van der Waals surface area contributed by atoms with Gasteiger partial charge in [-0.2, -0.15) is 0 Å². The Labute approximate surface area is 263 Å². The summed E-state index contributed by atoms with van der Waals surface area (Å²) >= 11 is 5.90. The van der Waals surface area contributed by atoms with Crippen molar-refractivity contribution in [3.8, 4) is 23.0 Å². The lowest BCUT2D eigenvalue weighted by atomic mass is 10.0. The Bertz CT molecular complexity index is 1600. The highest BCUT2D eigenvalue weighted by Gasteiger charge is 2.32. The molecule has 0 heterocycles. The van der Waals surface area contributed by atoms with Gasteiger partial charge in [0.1, 0.15) is 23.0 Å². The van der Waals surface area contributed by atoms with Crippen molar-refractivity contribution >= 4 is 41.5 Å². The van der Waals surface area contributed by atoms with Gasteiger partial charge >= 0.3 is 11.9 Å². The number of carbonyl (C=O) groups excluding carboxylic acids is 3. The summed E-state index contributed by atoms with van der Waals surface area (Å²) in [6.45, 7) is 8.55. The predicted octanol–water partition coefficient (Wildman–Crippen LogP) is 8.46. The van der Waals surface area contributed by atoms with Crippen molar-refractivity contribution in [2.45, 2.75) is 40.2 Å². The number of carbonyl (C=O) groups is 3. The van der Waals surface area contributed by atoms with Crippen LogP contribution in [0.1, 0.15) is 61.7 Å². The summed E-state index contributed by atoms with van der Waals surface area (Å²) in [4.78, 5) is 36.9. The molecule has 0 saturated carbocycles.